The van der Waals surface area contributed by atoms with Crippen molar-refractivity contribution in [2.24, 2.45) is 0 Å². The average molecular weight is 305 g/mol. The quantitative estimate of drug-likeness (QED) is 0.735. The van der Waals surface area contributed by atoms with E-state index in [0.717, 1.165) is 0 Å². The average Bonchev–Trinajstić information content (AvgIpc) is 2.49. The standard InChI is InChI=1S/C13H13ClN6O/c1-3-11(21)18-9-5-4-6-10(17-9)19-12-8(14)7-16-13(15-2)20-12/h3-7H,1H2,2H3,(H3,15,16,17,18,19,20,21). The van der Waals surface area contributed by atoms with Crippen LogP contribution in [0.15, 0.2) is 37.1 Å². The SMILES string of the molecule is C=CC(=O)Nc1cccc(Nc2nc(NC)ncc2Cl)n1. The molecule has 0 aliphatic rings. The van der Waals surface area contributed by atoms with Gasteiger partial charge in [-0.05, 0) is 18.2 Å². The number of carbonyl (C=O) groups is 1. The highest BCUT2D eigenvalue weighted by Gasteiger charge is 2.07. The van der Waals surface area contributed by atoms with E-state index in [-0.39, 0.29) is 5.91 Å². The molecule has 2 aromatic rings. The van der Waals surface area contributed by atoms with Crippen LogP contribution in [-0.4, -0.2) is 27.9 Å². The van der Waals surface area contributed by atoms with Crippen LogP contribution >= 0.6 is 11.6 Å². The molecule has 108 valence electrons. The third-order valence-electron chi connectivity index (χ3n) is 2.40. The van der Waals surface area contributed by atoms with Crippen LogP contribution in [0.2, 0.25) is 5.02 Å². The Hall–Kier alpha value is -2.67. The van der Waals surface area contributed by atoms with Crippen molar-refractivity contribution in [1.82, 2.24) is 15.0 Å². The molecule has 1 amide bonds. The second kappa shape index (κ2) is 6.67. The predicted octanol–water partition coefficient (Wildman–Crippen LogP) is 2.43. The van der Waals surface area contributed by atoms with Gasteiger partial charge in [-0.25, -0.2) is 9.97 Å². The van der Waals surface area contributed by atoms with Crippen LogP contribution in [-0.2, 0) is 4.79 Å². The number of amides is 1. The van der Waals surface area contributed by atoms with Crippen LogP contribution in [0.25, 0.3) is 0 Å². The number of aromatic nitrogens is 3. The molecule has 0 fully saturated rings. The summed E-state index contributed by atoms with van der Waals surface area (Å²) in [5, 5.41) is 8.71. The number of anilines is 4. The van der Waals surface area contributed by atoms with E-state index in [4.69, 9.17) is 11.6 Å². The maximum absolute atomic E-state index is 11.2. The molecule has 0 saturated carbocycles. The van der Waals surface area contributed by atoms with Crippen molar-refractivity contribution < 1.29 is 4.79 Å². The van der Waals surface area contributed by atoms with E-state index in [1.807, 2.05) is 0 Å². The van der Waals surface area contributed by atoms with E-state index in [1.54, 1.807) is 25.2 Å². The fraction of sp³-hybridized carbons (Fsp3) is 0.0769. The molecule has 7 nitrogen and oxygen atoms in total. The summed E-state index contributed by atoms with van der Waals surface area (Å²) in [7, 11) is 1.71. The summed E-state index contributed by atoms with van der Waals surface area (Å²) in [6.07, 6.45) is 2.65. The highest BCUT2D eigenvalue weighted by atomic mass is 35.5. The lowest BCUT2D eigenvalue weighted by atomic mass is 10.4. The molecule has 3 N–H and O–H groups in total. The number of nitrogens with one attached hydrogen (secondary N) is 3. The Morgan fingerprint density at radius 1 is 1.33 bits per heavy atom. The molecule has 8 heteroatoms. The van der Waals surface area contributed by atoms with E-state index >= 15 is 0 Å². The minimum Gasteiger partial charge on any atom is -0.357 e. The van der Waals surface area contributed by atoms with Crippen molar-refractivity contribution >= 4 is 40.9 Å². The van der Waals surface area contributed by atoms with E-state index < -0.39 is 0 Å². The van der Waals surface area contributed by atoms with Gasteiger partial charge < -0.3 is 16.0 Å². The minimum absolute atomic E-state index is 0.336. The third kappa shape index (κ3) is 3.90. The molecular formula is C13H13ClN6O. The van der Waals surface area contributed by atoms with Crippen LogP contribution in [0.4, 0.5) is 23.4 Å². The molecule has 0 atom stereocenters. The zero-order chi connectivity index (χ0) is 15.2. The Morgan fingerprint density at radius 2 is 2.10 bits per heavy atom. The van der Waals surface area contributed by atoms with E-state index in [1.165, 1.54) is 12.3 Å². The topological polar surface area (TPSA) is 91.8 Å². The highest BCUT2D eigenvalue weighted by Crippen LogP contribution is 2.23. The van der Waals surface area contributed by atoms with Gasteiger partial charge in [-0.2, -0.15) is 4.98 Å². The fourth-order valence-electron chi connectivity index (χ4n) is 1.45. The van der Waals surface area contributed by atoms with Gasteiger partial charge in [-0.1, -0.05) is 24.2 Å². The first-order valence-electron chi connectivity index (χ1n) is 6.00. The number of pyridine rings is 1. The van der Waals surface area contributed by atoms with Crippen molar-refractivity contribution in [3.05, 3.63) is 42.1 Å². The van der Waals surface area contributed by atoms with Crippen LogP contribution < -0.4 is 16.0 Å². The first kappa shape index (κ1) is 14.7. The number of carbonyl (C=O) groups excluding carboxylic acids is 1. The summed E-state index contributed by atoms with van der Waals surface area (Å²) >= 11 is 6.02. The monoisotopic (exact) mass is 304 g/mol. The second-order valence-electron chi connectivity index (χ2n) is 3.87. The fourth-order valence-corrected chi connectivity index (χ4v) is 1.59. The van der Waals surface area contributed by atoms with Crippen molar-refractivity contribution in [3.8, 4) is 0 Å². The van der Waals surface area contributed by atoms with Crippen LogP contribution in [0.5, 0.6) is 0 Å². The molecule has 0 bridgehead atoms. The Morgan fingerprint density at radius 3 is 2.81 bits per heavy atom. The van der Waals surface area contributed by atoms with Gasteiger partial charge in [0.25, 0.3) is 0 Å². The number of nitrogens with zero attached hydrogens (tertiary/aromatic N) is 3. The molecule has 0 aromatic carbocycles. The number of hydrogen-bond acceptors (Lipinski definition) is 6. The van der Waals surface area contributed by atoms with Gasteiger partial charge in [0.2, 0.25) is 11.9 Å². The van der Waals surface area contributed by atoms with Crippen molar-refractivity contribution in [1.29, 1.82) is 0 Å². The normalized spacial score (nSPS) is 9.81. The van der Waals surface area contributed by atoms with E-state index in [9.17, 15) is 4.79 Å². The Kier molecular flexibility index (Phi) is 4.68. The Labute approximate surface area is 126 Å². The first-order chi connectivity index (χ1) is 10.1. The molecule has 0 saturated heterocycles. The first-order valence-corrected chi connectivity index (χ1v) is 6.38. The smallest absolute Gasteiger partial charge is 0.248 e. The zero-order valence-electron chi connectivity index (χ0n) is 11.2. The van der Waals surface area contributed by atoms with Gasteiger partial charge in [-0.3, -0.25) is 4.79 Å². The van der Waals surface area contributed by atoms with Crippen molar-refractivity contribution in [2.45, 2.75) is 0 Å². The lowest BCUT2D eigenvalue weighted by Crippen LogP contribution is -2.09. The van der Waals surface area contributed by atoms with Gasteiger partial charge in [0.05, 0.1) is 6.20 Å². The number of rotatable bonds is 5. The number of halogens is 1. The predicted molar refractivity (Wildman–Crippen MR) is 82.9 cm³/mol. The summed E-state index contributed by atoms with van der Waals surface area (Å²) in [4.78, 5) is 23.6. The van der Waals surface area contributed by atoms with Crippen molar-refractivity contribution in [3.63, 3.8) is 0 Å². The van der Waals surface area contributed by atoms with E-state index in [2.05, 4.69) is 37.5 Å². The van der Waals surface area contributed by atoms with Crippen LogP contribution in [0, 0.1) is 0 Å². The maximum Gasteiger partial charge on any atom is 0.248 e. The Balaban J connectivity index is 2.21. The molecule has 0 radical (unpaired) electrons. The Bertz CT molecular complexity index is 675. The molecule has 2 heterocycles. The summed E-state index contributed by atoms with van der Waals surface area (Å²) < 4.78 is 0. The highest BCUT2D eigenvalue weighted by molar-refractivity contribution is 6.32. The third-order valence-corrected chi connectivity index (χ3v) is 2.68. The lowest BCUT2D eigenvalue weighted by Gasteiger charge is -2.09. The molecule has 0 aliphatic carbocycles. The molecule has 0 spiro atoms. The molecular weight excluding hydrogens is 292 g/mol. The number of hydrogen-bond donors (Lipinski definition) is 3. The second-order valence-corrected chi connectivity index (χ2v) is 4.27. The van der Waals surface area contributed by atoms with Gasteiger partial charge >= 0.3 is 0 Å². The molecule has 2 aromatic heterocycles. The van der Waals surface area contributed by atoms with Gasteiger partial charge in [-0.15, -0.1) is 0 Å². The largest absolute Gasteiger partial charge is 0.357 e. The maximum atomic E-state index is 11.2. The lowest BCUT2D eigenvalue weighted by molar-refractivity contribution is -0.111. The summed E-state index contributed by atoms with van der Waals surface area (Å²) in [5.41, 5.74) is 0. The van der Waals surface area contributed by atoms with Gasteiger partial charge in [0, 0.05) is 7.05 Å². The molecule has 0 aliphatic heterocycles. The van der Waals surface area contributed by atoms with Gasteiger partial charge in [0.1, 0.15) is 16.7 Å². The summed E-state index contributed by atoms with van der Waals surface area (Å²) in [5.74, 6) is 1.38. The molecule has 0 unspecified atom stereocenters. The molecule has 2 rings (SSSR count). The van der Waals surface area contributed by atoms with Gasteiger partial charge in [0.15, 0.2) is 5.82 Å². The summed E-state index contributed by atoms with van der Waals surface area (Å²) in [6, 6.07) is 5.12. The summed E-state index contributed by atoms with van der Waals surface area (Å²) in [6.45, 7) is 3.38. The van der Waals surface area contributed by atoms with E-state index in [0.29, 0.717) is 28.4 Å². The van der Waals surface area contributed by atoms with Crippen molar-refractivity contribution in [2.75, 3.05) is 23.0 Å². The van der Waals surface area contributed by atoms with Crippen LogP contribution in [0.3, 0.4) is 0 Å². The minimum atomic E-state index is -0.336. The zero-order valence-corrected chi connectivity index (χ0v) is 12.0. The molecule has 21 heavy (non-hydrogen) atoms. The van der Waals surface area contributed by atoms with Crippen LogP contribution in [0.1, 0.15) is 0 Å².